The van der Waals surface area contributed by atoms with Gasteiger partial charge in [-0.2, -0.15) is 0 Å². The molecule has 0 aliphatic carbocycles. The maximum Gasteiger partial charge on any atom is 0.263 e. The van der Waals surface area contributed by atoms with E-state index in [-0.39, 0.29) is 11.8 Å². The van der Waals surface area contributed by atoms with Crippen molar-refractivity contribution in [3.63, 3.8) is 0 Å². The van der Waals surface area contributed by atoms with Gasteiger partial charge in [-0.15, -0.1) is 0 Å². The number of likely N-dealkylation sites (N-methyl/N-ethyl adjacent to an activating group) is 1. The smallest absolute Gasteiger partial charge is 0.263 e. The second-order valence-electron chi connectivity index (χ2n) is 6.58. The van der Waals surface area contributed by atoms with Gasteiger partial charge in [-0.25, -0.2) is 0 Å². The number of benzene rings is 2. The molecule has 7 heteroatoms. The molecule has 0 saturated carbocycles. The summed E-state index contributed by atoms with van der Waals surface area (Å²) in [6.07, 6.45) is -0.701. The van der Waals surface area contributed by atoms with Crippen molar-refractivity contribution in [2.24, 2.45) is 0 Å². The maximum atomic E-state index is 12.8. The van der Waals surface area contributed by atoms with Crippen molar-refractivity contribution < 1.29 is 14.3 Å². The van der Waals surface area contributed by atoms with Crippen LogP contribution >= 0.6 is 23.2 Å². The van der Waals surface area contributed by atoms with Crippen molar-refractivity contribution in [2.75, 3.05) is 20.6 Å². The molecular formula is C21H24Cl2N2O3. The molecule has 28 heavy (non-hydrogen) atoms. The largest absolute Gasteiger partial charge is 0.479 e. The Morgan fingerprint density at radius 3 is 2.25 bits per heavy atom. The molecule has 2 aromatic rings. The Bertz CT molecular complexity index is 838. The Labute approximate surface area is 175 Å². The molecule has 0 saturated heterocycles. The van der Waals surface area contributed by atoms with Crippen molar-refractivity contribution in [3.05, 3.63) is 63.6 Å². The maximum absolute atomic E-state index is 12.8. The number of ether oxygens (including phenoxy) is 1. The molecule has 0 aliphatic heterocycles. The van der Waals surface area contributed by atoms with Crippen LogP contribution in [-0.4, -0.2) is 48.4 Å². The summed E-state index contributed by atoms with van der Waals surface area (Å²) in [6, 6.07) is 12.1. The minimum atomic E-state index is -0.701. The summed E-state index contributed by atoms with van der Waals surface area (Å²) in [4.78, 5) is 28.0. The molecule has 2 rings (SSSR count). The lowest BCUT2D eigenvalue weighted by molar-refractivity contribution is -0.138. The first-order chi connectivity index (χ1) is 13.2. The Hall–Kier alpha value is -2.24. The number of nitrogens with zero attached hydrogens (tertiary/aromatic N) is 2. The van der Waals surface area contributed by atoms with Gasteiger partial charge in [0.05, 0.1) is 5.02 Å². The topological polar surface area (TPSA) is 49.9 Å². The molecule has 2 aromatic carbocycles. The van der Waals surface area contributed by atoms with Gasteiger partial charge in [-0.1, -0.05) is 35.3 Å². The minimum absolute atomic E-state index is 0.0585. The van der Waals surface area contributed by atoms with Crippen LogP contribution in [0.25, 0.3) is 0 Å². The zero-order chi connectivity index (χ0) is 20.8. The third kappa shape index (κ3) is 5.63. The van der Waals surface area contributed by atoms with Crippen LogP contribution < -0.4 is 4.74 Å². The standard InChI is InChI=1S/C21H24Cl2N2O3/c1-5-25(13-15-6-8-16(9-7-15)21(27)24(3)4)20(26)14(2)28-19-11-10-17(22)12-18(19)23/h6-12,14H,5,13H2,1-4H3. The summed E-state index contributed by atoms with van der Waals surface area (Å²) in [5, 5.41) is 0.860. The first-order valence-corrected chi connectivity index (χ1v) is 9.69. The predicted molar refractivity (Wildman–Crippen MR) is 112 cm³/mol. The molecule has 0 aromatic heterocycles. The fraction of sp³-hybridized carbons (Fsp3) is 0.333. The van der Waals surface area contributed by atoms with E-state index >= 15 is 0 Å². The first kappa shape index (κ1) is 22.1. The summed E-state index contributed by atoms with van der Waals surface area (Å²) < 4.78 is 5.73. The summed E-state index contributed by atoms with van der Waals surface area (Å²) in [6.45, 7) is 4.55. The number of carbonyl (C=O) groups is 2. The van der Waals surface area contributed by atoms with Gasteiger partial charge >= 0.3 is 0 Å². The highest BCUT2D eigenvalue weighted by atomic mass is 35.5. The normalized spacial score (nSPS) is 11.6. The van der Waals surface area contributed by atoms with Gasteiger partial charge < -0.3 is 14.5 Å². The predicted octanol–water partition coefficient (Wildman–Crippen LogP) is 4.51. The molecule has 0 N–H and O–H groups in total. The average molecular weight is 423 g/mol. The second-order valence-corrected chi connectivity index (χ2v) is 7.43. The van der Waals surface area contributed by atoms with E-state index in [1.54, 1.807) is 56.3 Å². The van der Waals surface area contributed by atoms with E-state index in [2.05, 4.69) is 0 Å². The molecule has 150 valence electrons. The van der Waals surface area contributed by atoms with E-state index in [1.807, 2.05) is 19.1 Å². The van der Waals surface area contributed by atoms with Crippen molar-refractivity contribution >= 4 is 35.0 Å². The molecular weight excluding hydrogens is 399 g/mol. The molecule has 5 nitrogen and oxygen atoms in total. The van der Waals surface area contributed by atoms with Gasteiger partial charge in [-0.3, -0.25) is 9.59 Å². The lowest BCUT2D eigenvalue weighted by Gasteiger charge is -2.25. The minimum Gasteiger partial charge on any atom is -0.479 e. The number of halogens is 2. The third-order valence-electron chi connectivity index (χ3n) is 4.22. The van der Waals surface area contributed by atoms with Crippen LogP contribution in [0.3, 0.4) is 0 Å². The Kier molecular flexibility index (Phi) is 7.72. The average Bonchev–Trinajstić information content (AvgIpc) is 2.67. The zero-order valence-electron chi connectivity index (χ0n) is 16.4. The van der Waals surface area contributed by atoms with E-state index < -0.39 is 6.10 Å². The number of hydrogen-bond donors (Lipinski definition) is 0. The highest BCUT2D eigenvalue weighted by Gasteiger charge is 2.22. The molecule has 0 aliphatic rings. The highest BCUT2D eigenvalue weighted by molar-refractivity contribution is 6.35. The Morgan fingerprint density at radius 2 is 1.71 bits per heavy atom. The fourth-order valence-corrected chi connectivity index (χ4v) is 3.10. The van der Waals surface area contributed by atoms with Crippen LogP contribution in [0.2, 0.25) is 10.0 Å². The summed E-state index contributed by atoms with van der Waals surface area (Å²) in [5.74, 6) is 0.202. The van der Waals surface area contributed by atoms with E-state index in [0.717, 1.165) is 5.56 Å². The second kappa shape index (κ2) is 9.80. The van der Waals surface area contributed by atoms with Crippen molar-refractivity contribution in [1.82, 2.24) is 9.80 Å². The molecule has 1 atom stereocenters. The first-order valence-electron chi connectivity index (χ1n) is 8.94. The van der Waals surface area contributed by atoms with E-state index in [0.29, 0.717) is 34.4 Å². The SMILES string of the molecule is CCN(Cc1ccc(C(=O)N(C)C)cc1)C(=O)C(C)Oc1ccc(Cl)cc1Cl. The number of carbonyl (C=O) groups excluding carboxylic acids is 2. The third-order valence-corrected chi connectivity index (χ3v) is 4.75. The van der Waals surface area contributed by atoms with E-state index in [9.17, 15) is 9.59 Å². The number of hydrogen-bond acceptors (Lipinski definition) is 3. The zero-order valence-corrected chi connectivity index (χ0v) is 17.9. The lowest BCUT2D eigenvalue weighted by atomic mass is 10.1. The van der Waals surface area contributed by atoms with Crippen LogP contribution in [0, 0.1) is 0 Å². The molecule has 0 bridgehead atoms. The van der Waals surface area contributed by atoms with Gasteiger partial charge in [-0.05, 0) is 49.7 Å². The van der Waals surface area contributed by atoms with Crippen LogP contribution in [0.4, 0.5) is 0 Å². The van der Waals surface area contributed by atoms with Crippen molar-refractivity contribution in [2.45, 2.75) is 26.5 Å². The van der Waals surface area contributed by atoms with E-state index in [1.165, 1.54) is 4.90 Å². The van der Waals surface area contributed by atoms with Gasteiger partial charge in [0.2, 0.25) is 0 Å². The van der Waals surface area contributed by atoms with Crippen molar-refractivity contribution in [1.29, 1.82) is 0 Å². The molecule has 1 unspecified atom stereocenters. The van der Waals surface area contributed by atoms with Gasteiger partial charge in [0.25, 0.3) is 11.8 Å². The lowest BCUT2D eigenvalue weighted by Crippen LogP contribution is -2.40. The Balaban J connectivity index is 2.05. The monoisotopic (exact) mass is 422 g/mol. The van der Waals surface area contributed by atoms with Crippen LogP contribution in [0.15, 0.2) is 42.5 Å². The van der Waals surface area contributed by atoms with Crippen LogP contribution in [0.5, 0.6) is 5.75 Å². The quantitative estimate of drug-likeness (QED) is 0.659. The van der Waals surface area contributed by atoms with Gasteiger partial charge in [0, 0.05) is 37.8 Å². The summed E-state index contributed by atoms with van der Waals surface area (Å²) >= 11 is 12.0. The fourth-order valence-electron chi connectivity index (χ4n) is 2.65. The molecule has 0 fully saturated rings. The van der Waals surface area contributed by atoms with Gasteiger partial charge in [0.1, 0.15) is 5.75 Å². The molecule has 2 amide bonds. The summed E-state index contributed by atoms with van der Waals surface area (Å²) in [7, 11) is 3.42. The van der Waals surface area contributed by atoms with Crippen molar-refractivity contribution in [3.8, 4) is 5.75 Å². The van der Waals surface area contributed by atoms with Gasteiger partial charge in [0.15, 0.2) is 6.10 Å². The number of rotatable bonds is 7. The van der Waals surface area contributed by atoms with E-state index in [4.69, 9.17) is 27.9 Å². The Morgan fingerprint density at radius 1 is 1.07 bits per heavy atom. The highest BCUT2D eigenvalue weighted by Crippen LogP contribution is 2.28. The summed E-state index contributed by atoms with van der Waals surface area (Å²) in [5.41, 5.74) is 1.54. The van der Waals surface area contributed by atoms with Crippen LogP contribution in [-0.2, 0) is 11.3 Å². The number of amides is 2. The molecule has 0 heterocycles. The van der Waals surface area contributed by atoms with Crippen LogP contribution in [0.1, 0.15) is 29.8 Å². The molecule has 0 radical (unpaired) electrons. The molecule has 0 spiro atoms.